The second kappa shape index (κ2) is 5.25. The second-order valence-electron chi connectivity index (χ2n) is 5.27. The molecule has 3 rings (SSSR count). The van der Waals surface area contributed by atoms with E-state index in [0.29, 0.717) is 6.61 Å². The van der Waals surface area contributed by atoms with Crippen molar-refractivity contribution in [1.29, 1.82) is 0 Å². The Labute approximate surface area is 117 Å². The van der Waals surface area contributed by atoms with Gasteiger partial charge in [0.25, 0.3) is 0 Å². The maximum Gasteiger partial charge on any atom is 0.123 e. The minimum absolute atomic E-state index is 0.244. The summed E-state index contributed by atoms with van der Waals surface area (Å²) in [5.41, 5.74) is 4.01. The zero-order valence-corrected chi connectivity index (χ0v) is 11.4. The standard InChI is InChI=1S/C17H17FO2/c1-11-2-4-14(18)8-13(11)10-20-15-5-6-16-12(9-15)3-7-17(16)19/h2,4-6,8-9,17,19H,3,7,10H2,1H3/t17-/m1/s1. The van der Waals surface area contributed by atoms with Crippen LogP contribution in [0.15, 0.2) is 36.4 Å². The highest BCUT2D eigenvalue weighted by Gasteiger charge is 2.20. The quantitative estimate of drug-likeness (QED) is 0.923. The van der Waals surface area contributed by atoms with E-state index in [2.05, 4.69) is 0 Å². The lowest BCUT2D eigenvalue weighted by Gasteiger charge is -2.11. The third-order valence-electron chi connectivity index (χ3n) is 3.87. The topological polar surface area (TPSA) is 29.5 Å². The van der Waals surface area contributed by atoms with E-state index in [1.165, 1.54) is 12.1 Å². The zero-order chi connectivity index (χ0) is 14.1. The van der Waals surface area contributed by atoms with Gasteiger partial charge in [-0.05, 0) is 66.3 Å². The van der Waals surface area contributed by atoms with Crippen molar-refractivity contribution in [2.24, 2.45) is 0 Å². The molecule has 104 valence electrons. The van der Waals surface area contributed by atoms with Crippen LogP contribution in [0.2, 0.25) is 0 Å². The Balaban J connectivity index is 1.74. The average Bonchev–Trinajstić information content (AvgIpc) is 2.81. The molecule has 0 bridgehead atoms. The summed E-state index contributed by atoms with van der Waals surface area (Å²) in [4.78, 5) is 0. The summed E-state index contributed by atoms with van der Waals surface area (Å²) >= 11 is 0. The van der Waals surface area contributed by atoms with Gasteiger partial charge in [-0.25, -0.2) is 4.39 Å². The molecule has 1 aliphatic rings. The van der Waals surface area contributed by atoms with Crippen molar-refractivity contribution in [3.8, 4) is 5.75 Å². The Bertz CT molecular complexity index is 637. The van der Waals surface area contributed by atoms with E-state index in [0.717, 1.165) is 40.8 Å². The third-order valence-corrected chi connectivity index (χ3v) is 3.87. The Morgan fingerprint density at radius 2 is 2.10 bits per heavy atom. The molecule has 2 aromatic rings. The number of fused-ring (bicyclic) bond motifs is 1. The summed E-state index contributed by atoms with van der Waals surface area (Å²) < 4.78 is 19.0. The van der Waals surface area contributed by atoms with Crippen LogP contribution in [0, 0.1) is 12.7 Å². The van der Waals surface area contributed by atoms with Gasteiger partial charge in [0.15, 0.2) is 0 Å². The smallest absolute Gasteiger partial charge is 0.123 e. The fourth-order valence-electron chi connectivity index (χ4n) is 2.62. The summed E-state index contributed by atoms with van der Waals surface area (Å²) in [5, 5.41) is 9.76. The highest BCUT2D eigenvalue weighted by molar-refractivity contribution is 5.40. The maximum atomic E-state index is 13.2. The Morgan fingerprint density at radius 3 is 2.95 bits per heavy atom. The molecule has 0 aromatic heterocycles. The van der Waals surface area contributed by atoms with Crippen molar-refractivity contribution in [3.63, 3.8) is 0 Å². The molecule has 3 heteroatoms. The molecule has 2 nitrogen and oxygen atoms in total. The predicted octanol–water partition coefficient (Wildman–Crippen LogP) is 3.69. The highest BCUT2D eigenvalue weighted by atomic mass is 19.1. The summed E-state index contributed by atoms with van der Waals surface area (Å²) in [5.74, 6) is 0.521. The maximum absolute atomic E-state index is 13.2. The number of aliphatic hydroxyl groups excluding tert-OH is 1. The van der Waals surface area contributed by atoms with Gasteiger partial charge in [0, 0.05) is 0 Å². The highest BCUT2D eigenvalue weighted by Crippen LogP contribution is 2.33. The Kier molecular flexibility index (Phi) is 3.45. The van der Waals surface area contributed by atoms with Gasteiger partial charge < -0.3 is 9.84 Å². The van der Waals surface area contributed by atoms with Crippen LogP contribution in [0.5, 0.6) is 5.75 Å². The first-order valence-electron chi connectivity index (χ1n) is 6.82. The fourth-order valence-corrected chi connectivity index (χ4v) is 2.62. The van der Waals surface area contributed by atoms with Crippen LogP contribution >= 0.6 is 0 Å². The molecule has 2 aromatic carbocycles. The van der Waals surface area contributed by atoms with Crippen LogP contribution in [0.25, 0.3) is 0 Å². The van der Waals surface area contributed by atoms with Crippen LogP contribution in [0.1, 0.15) is 34.8 Å². The van der Waals surface area contributed by atoms with Gasteiger partial charge in [-0.15, -0.1) is 0 Å². The zero-order valence-electron chi connectivity index (χ0n) is 11.4. The lowest BCUT2D eigenvalue weighted by atomic mass is 10.1. The number of ether oxygens (including phenoxy) is 1. The Hall–Kier alpha value is -1.87. The van der Waals surface area contributed by atoms with Crippen molar-refractivity contribution in [1.82, 2.24) is 0 Å². The van der Waals surface area contributed by atoms with Crippen molar-refractivity contribution < 1.29 is 14.2 Å². The first-order chi connectivity index (χ1) is 9.63. The second-order valence-corrected chi connectivity index (χ2v) is 5.27. The number of hydrogen-bond acceptors (Lipinski definition) is 2. The van der Waals surface area contributed by atoms with Gasteiger partial charge in [-0.2, -0.15) is 0 Å². The normalized spacial score (nSPS) is 17.1. The summed E-state index contributed by atoms with van der Waals surface area (Å²) in [6, 6.07) is 10.5. The van der Waals surface area contributed by atoms with Crippen molar-refractivity contribution in [3.05, 3.63) is 64.5 Å². The molecule has 0 saturated heterocycles. The molecule has 0 aliphatic heterocycles. The molecular formula is C17H17FO2. The van der Waals surface area contributed by atoms with E-state index in [4.69, 9.17) is 4.74 Å². The monoisotopic (exact) mass is 272 g/mol. The molecule has 20 heavy (non-hydrogen) atoms. The molecule has 0 radical (unpaired) electrons. The molecule has 0 heterocycles. The van der Waals surface area contributed by atoms with E-state index in [9.17, 15) is 9.50 Å². The van der Waals surface area contributed by atoms with E-state index >= 15 is 0 Å². The van der Waals surface area contributed by atoms with E-state index < -0.39 is 0 Å². The molecule has 0 saturated carbocycles. The average molecular weight is 272 g/mol. The number of halogens is 1. The van der Waals surface area contributed by atoms with Crippen LogP contribution in [-0.2, 0) is 13.0 Å². The first kappa shape index (κ1) is 13.1. The molecule has 0 fully saturated rings. The largest absolute Gasteiger partial charge is 0.489 e. The van der Waals surface area contributed by atoms with Crippen LogP contribution in [-0.4, -0.2) is 5.11 Å². The van der Waals surface area contributed by atoms with E-state index in [1.807, 2.05) is 25.1 Å². The van der Waals surface area contributed by atoms with Gasteiger partial charge in [0.1, 0.15) is 18.2 Å². The number of aliphatic hydroxyl groups is 1. The van der Waals surface area contributed by atoms with E-state index in [-0.39, 0.29) is 11.9 Å². The van der Waals surface area contributed by atoms with Gasteiger partial charge in [-0.1, -0.05) is 12.1 Å². The van der Waals surface area contributed by atoms with Crippen molar-refractivity contribution in [2.75, 3.05) is 0 Å². The lowest BCUT2D eigenvalue weighted by molar-refractivity contribution is 0.180. The molecule has 0 spiro atoms. The number of rotatable bonds is 3. The summed E-state index contributed by atoms with van der Waals surface area (Å²) in [6.07, 6.45) is 1.32. The van der Waals surface area contributed by atoms with Gasteiger partial charge >= 0.3 is 0 Å². The summed E-state index contributed by atoms with van der Waals surface area (Å²) in [7, 11) is 0. The SMILES string of the molecule is Cc1ccc(F)cc1COc1ccc2c(c1)CC[C@H]2O. The molecule has 1 atom stereocenters. The molecule has 0 amide bonds. The van der Waals surface area contributed by atoms with Crippen molar-refractivity contribution >= 4 is 0 Å². The summed E-state index contributed by atoms with van der Waals surface area (Å²) in [6.45, 7) is 2.29. The fraction of sp³-hybridized carbons (Fsp3) is 0.294. The minimum atomic E-state index is -0.343. The molecular weight excluding hydrogens is 255 g/mol. The first-order valence-corrected chi connectivity index (χ1v) is 6.82. The Morgan fingerprint density at radius 1 is 1.25 bits per heavy atom. The van der Waals surface area contributed by atoms with Gasteiger partial charge in [0.2, 0.25) is 0 Å². The van der Waals surface area contributed by atoms with Gasteiger partial charge in [0.05, 0.1) is 6.10 Å². The van der Waals surface area contributed by atoms with Crippen LogP contribution in [0.4, 0.5) is 4.39 Å². The third kappa shape index (κ3) is 2.54. The van der Waals surface area contributed by atoms with Crippen LogP contribution < -0.4 is 4.74 Å². The molecule has 1 aliphatic carbocycles. The molecule has 0 unspecified atom stereocenters. The van der Waals surface area contributed by atoms with Gasteiger partial charge in [-0.3, -0.25) is 0 Å². The predicted molar refractivity (Wildman–Crippen MR) is 75.2 cm³/mol. The van der Waals surface area contributed by atoms with Crippen LogP contribution in [0.3, 0.4) is 0 Å². The number of hydrogen-bond donors (Lipinski definition) is 1. The minimum Gasteiger partial charge on any atom is -0.489 e. The lowest BCUT2D eigenvalue weighted by Crippen LogP contribution is -1.99. The molecule has 1 N–H and O–H groups in total. The van der Waals surface area contributed by atoms with E-state index in [1.54, 1.807) is 6.07 Å². The number of aryl methyl sites for hydroxylation is 2. The van der Waals surface area contributed by atoms with Crippen molar-refractivity contribution in [2.45, 2.75) is 32.5 Å². The number of benzene rings is 2.